The summed E-state index contributed by atoms with van der Waals surface area (Å²) >= 11 is 0. The van der Waals surface area contributed by atoms with Crippen molar-refractivity contribution in [2.24, 2.45) is 0 Å². The molecule has 142 valence electrons. The maximum Gasteiger partial charge on any atom is 0.404 e. The molecule has 1 unspecified atom stereocenters. The number of carboxylic acid groups (broad SMARTS) is 1. The number of carbonyl (C=O) groups is 2. The summed E-state index contributed by atoms with van der Waals surface area (Å²) in [7, 11) is -4.09. The monoisotopic (exact) mass is 385 g/mol. The molecule has 0 aliphatic carbocycles. The summed E-state index contributed by atoms with van der Waals surface area (Å²) in [4.78, 5) is 21.9. The second-order valence-electron chi connectivity index (χ2n) is 4.86. The van der Waals surface area contributed by atoms with Crippen LogP contribution in [0.4, 0.5) is 4.79 Å². The molecule has 0 heterocycles. The molecule has 1 rings (SSSR count). The van der Waals surface area contributed by atoms with E-state index in [2.05, 4.69) is 16.6 Å². The number of sulfonamides is 1. The molecule has 0 radical (unpaired) electrons. The lowest BCUT2D eigenvalue weighted by Gasteiger charge is -2.17. The molecule has 0 spiro atoms. The first-order valence-electron chi connectivity index (χ1n) is 7.35. The van der Waals surface area contributed by atoms with E-state index >= 15 is 0 Å². The molecule has 11 heteroatoms. The zero-order valence-corrected chi connectivity index (χ0v) is 14.7. The van der Waals surface area contributed by atoms with Crippen LogP contribution in [-0.4, -0.2) is 49.9 Å². The van der Waals surface area contributed by atoms with Gasteiger partial charge in [0.05, 0.1) is 4.90 Å². The Kier molecular flexibility index (Phi) is 8.36. The van der Waals surface area contributed by atoms with Crippen LogP contribution in [0, 0.1) is 11.8 Å². The topological polar surface area (TPSA) is 154 Å². The van der Waals surface area contributed by atoms with Gasteiger partial charge in [-0.05, 0) is 37.6 Å². The van der Waals surface area contributed by atoms with Crippen LogP contribution in [0.15, 0.2) is 29.2 Å². The lowest BCUT2D eigenvalue weighted by atomic mass is 10.2. The van der Waals surface area contributed by atoms with Gasteiger partial charge in [0.15, 0.2) is 0 Å². The van der Waals surface area contributed by atoms with Crippen molar-refractivity contribution in [3.8, 4) is 17.6 Å². The second kappa shape index (κ2) is 10.2. The van der Waals surface area contributed by atoms with Crippen molar-refractivity contribution in [3.05, 3.63) is 24.3 Å². The first-order valence-corrected chi connectivity index (χ1v) is 8.84. The minimum absolute atomic E-state index is 0.131. The molecule has 1 atom stereocenters. The highest BCUT2D eigenvalue weighted by atomic mass is 32.2. The van der Waals surface area contributed by atoms with Gasteiger partial charge >= 0.3 is 6.09 Å². The molecule has 0 saturated heterocycles. The molecule has 26 heavy (non-hydrogen) atoms. The number of hydrogen-bond acceptors (Lipinski definition) is 6. The number of hydroxylamine groups is 1. The van der Waals surface area contributed by atoms with E-state index in [1.165, 1.54) is 29.7 Å². The molecule has 0 fully saturated rings. The molecule has 1 aromatic carbocycles. The maximum atomic E-state index is 12.4. The Labute approximate surface area is 150 Å². The molecule has 0 bridgehead atoms. The third-order valence-electron chi connectivity index (χ3n) is 3.06. The minimum atomic E-state index is -4.09. The Balaban J connectivity index is 2.83. The van der Waals surface area contributed by atoms with Gasteiger partial charge in [-0.2, -0.15) is 4.72 Å². The molecule has 10 nitrogen and oxygen atoms in total. The Morgan fingerprint density at radius 2 is 1.92 bits per heavy atom. The second-order valence-corrected chi connectivity index (χ2v) is 6.57. The SMILES string of the molecule is CC#CCOc1ccc(S(=O)(=O)NC(CCNC(=O)O)C(=O)NO)cc1. The minimum Gasteiger partial charge on any atom is -0.481 e. The highest BCUT2D eigenvalue weighted by Crippen LogP contribution is 2.16. The zero-order valence-electron chi connectivity index (χ0n) is 13.9. The molecule has 5 N–H and O–H groups in total. The van der Waals surface area contributed by atoms with E-state index in [0.717, 1.165) is 0 Å². The van der Waals surface area contributed by atoms with Crippen molar-refractivity contribution >= 4 is 22.0 Å². The lowest BCUT2D eigenvalue weighted by molar-refractivity contribution is -0.131. The molecule has 0 saturated carbocycles. The van der Waals surface area contributed by atoms with E-state index in [4.69, 9.17) is 15.1 Å². The summed E-state index contributed by atoms with van der Waals surface area (Å²) in [5.41, 5.74) is 1.34. The number of carbonyl (C=O) groups excluding carboxylic acids is 1. The summed E-state index contributed by atoms with van der Waals surface area (Å²) in [5.74, 6) is 4.75. The standard InChI is InChI=1S/C15H19N3O7S/c1-2-3-10-25-11-4-6-12(7-5-11)26(23,24)18-13(14(19)17-22)8-9-16-15(20)21/h4-7,13,16,18,22H,8-10H2,1H3,(H,17,19)(H,20,21). The molecule has 1 aromatic rings. The first kappa shape index (κ1) is 21.2. The lowest BCUT2D eigenvalue weighted by Crippen LogP contribution is -2.47. The van der Waals surface area contributed by atoms with Crippen molar-refractivity contribution in [3.63, 3.8) is 0 Å². The van der Waals surface area contributed by atoms with Crippen molar-refractivity contribution < 1.29 is 33.1 Å². The summed E-state index contributed by atoms with van der Waals surface area (Å²) in [6.45, 7) is 1.63. The average molecular weight is 385 g/mol. The van der Waals surface area contributed by atoms with Gasteiger partial charge in [-0.15, -0.1) is 5.92 Å². The van der Waals surface area contributed by atoms with Gasteiger partial charge in [0, 0.05) is 6.54 Å². The van der Waals surface area contributed by atoms with Gasteiger partial charge in [-0.3, -0.25) is 10.0 Å². The van der Waals surface area contributed by atoms with Crippen LogP contribution in [0.25, 0.3) is 0 Å². The summed E-state index contributed by atoms with van der Waals surface area (Å²) in [5, 5.41) is 19.2. The zero-order chi connectivity index (χ0) is 19.6. The van der Waals surface area contributed by atoms with Crippen molar-refractivity contribution in [1.82, 2.24) is 15.5 Å². The Bertz CT molecular complexity index is 782. The van der Waals surface area contributed by atoms with Crippen molar-refractivity contribution in [1.29, 1.82) is 0 Å². The third kappa shape index (κ3) is 6.98. The maximum absolute atomic E-state index is 12.4. The van der Waals surface area contributed by atoms with Crippen LogP contribution in [0.2, 0.25) is 0 Å². The summed E-state index contributed by atoms with van der Waals surface area (Å²) in [6, 6.07) is 4.05. The van der Waals surface area contributed by atoms with E-state index in [0.29, 0.717) is 5.75 Å². The molecule has 0 aliphatic heterocycles. The average Bonchev–Trinajstić information content (AvgIpc) is 2.60. The normalized spacial score (nSPS) is 11.6. The number of rotatable bonds is 9. The molecule has 2 amide bonds. The van der Waals surface area contributed by atoms with Gasteiger partial charge in [0.2, 0.25) is 10.0 Å². The largest absolute Gasteiger partial charge is 0.481 e. The highest BCUT2D eigenvalue weighted by Gasteiger charge is 2.25. The van der Waals surface area contributed by atoms with Crippen LogP contribution in [0.3, 0.4) is 0 Å². The smallest absolute Gasteiger partial charge is 0.404 e. The van der Waals surface area contributed by atoms with Crippen LogP contribution in [-0.2, 0) is 14.8 Å². The third-order valence-corrected chi connectivity index (χ3v) is 4.54. The fourth-order valence-corrected chi connectivity index (χ4v) is 3.04. The van der Waals surface area contributed by atoms with Gasteiger partial charge in [-0.25, -0.2) is 18.7 Å². The Morgan fingerprint density at radius 3 is 2.46 bits per heavy atom. The van der Waals surface area contributed by atoms with Gasteiger partial charge < -0.3 is 15.2 Å². The first-order chi connectivity index (χ1) is 12.3. The number of nitrogens with one attached hydrogen (secondary N) is 3. The summed E-state index contributed by atoms with van der Waals surface area (Å²) in [6.07, 6.45) is -1.52. The number of ether oxygens (including phenoxy) is 1. The number of benzene rings is 1. The summed E-state index contributed by atoms with van der Waals surface area (Å²) < 4.78 is 32.1. The fourth-order valence-electron chi connectivity index (χ4n) is 1.81. The predicted molar refractivity (Wildman–Crippen MR) is 90.1 cm³/mol. The Morgan fingerprint density at radius 1 is 1.27 bits per heavy atom. The van der Waals surface area contributed by atoms with Crippen LogP contribution in [0.5, 0.6) is 5.75 Å². The predicted octanol–water partition coefficient (Wildman–Crippen LogP) is -0.101. The van der Waals surface area contributed by atoms with E-state index in [-0.39, 0.29) is 24.5 Å². The van der Waals surface area contributed by atoms with E-state index < -0.39 is 28.1 Å². The molecule has 0 aliphatic rings. The van der Waals surface area contributed by atoms with Crippen LogP contribution in [0.1, 0.15) is 13.3 Å². The van der Waals surface area contributed by atoms with E-state index in [1.807, 2.05) is 5.32 Å². The van der Waals surface area contributed by atoms with Gasteiger partial charge in [0.25, 0.3) is 5.91 Å². The molecule has 0 aromatic heterocycles. The van der Waals surface area contributed by atoms with Crippen molar-refractivity contribution in [2.75, 3.05) is 13.2 Å². The molecular weight excluding hydrogens is 366 g/mol. The highest BCUT2D eigenvalue weighted by molar-refractivity contribution is 7.89. The van der Waals surface area contributed by atoms with E-state index in [9.17, 15) is 18.0 Å². The number of hydrogen-bond donors (Lipinski definition) is 5. The Hall–Kier alpha value is -2.81. The van der Waals surface area contributed by atoms with Gasteiger partial charge in [-0.1, -0.05) is 5.92 Å². The van der Waals surface area contributed by atoms with E-state index in [1.54, 1.807) is 6.92 Å². The molecular formula is C15H19N3O7S. The van der Waals surface area contributed by atoms with Crippen LogP contribution < -0.4 is 20.3 Å². The van der Waals surface area contributed by atoms with Crippen molar-refractivity contribution in [2.45, 2.75) is 24.3 Å². The quantitative estimate of drug-likeness (QED) is 0.226. The fraction of sp³-hybridized carbons (Fsp3) is 0.333. The number of amides is 2. The van der Waals surface area contributed by atoms with Crippen LogP contribution >= 0.6 is 0 Å². The van der Waals surface area contributed by atoms with Gasteiger partial charge in [0.1, 0.15) is 18.4 Å².